The molecule has 0 saturated heterocycles. The van der Waals surface area contributed by atoms with Crippen LogP contribution in [0.2, 0.25) is 5.02 Å². The van der Waals surface area contributed by atoms with Gasteiger partial charge >= 0.3 is 0 Å². The van der Waals surface area contributed by atoms with E-state index in [0.29, 0.717) is 28.3 Å². The lowest BCUT2D eigenvalue weighted by molar-refractivity contribution is -0.385. The normalized spacial score (nSPS) is 11.1. The molecule has 1 aromatic heterocycles. The maximum absolute atomic E-state index is 11.9. The lowest BCUT2D eigenvalue weighted by Gasteiger charge is -2.03. The Kier molecular flexibility index (Phi) is 5.51. The van der Waals surface area contributed by atoms with Gasteiger partial charge in [-0.1, -0.05) is 41.9 Å². The van der Waals surface area contributed by atoms with E-state index in [0.717, 1.165) is 5.56 Å². The number of halogens is 1. The molecule has 0 fully saturated rings. The van der Waals surface area contributed by atoms with E-state index in [1.807, 2.05) is 18.2 Å². The number of rotatable bonds is 6. The summed E-state index contributed by atoms with van der Waals surface area (Å²) in [7, 11) is 0. The number of nitrogens with two attached hydrogens (primary N) is 1. The standard InChI is InChI=1S/C19H16ClN5O3/c1-11-6-7-12(8-16(11)25(27)28)10-22-19-17(18(21)26)15(23-24-19)9-13-4-2-3-5-14(13)20/h2-8,10H,9H2,1H3,(H2,21,26)(H,23,24). The number of nitro groups is 1. The first kappa shape index (κ1) is 19.2. The van der Waals surface area contributed by atoms with E-state index >= 15 is 0 Å². The average Bonchev–Trinajstić information content (AvgIpc) is 3.05. The molecule has 0 atom stereocenters. The molecule has 0 aliphatic heterocycles. The van der Waals surface area contributed by atoms with Crippen molar-refractivity contribution in [2.75, 3.05) is 0 Å². The summed E-state index contributed by atoms with van der Waals surface area (Å²) in [6.07, 6.45) is 1.73. The van der Waals surface area contributed by atoms with Crippen LogP contribution in [0.3, 0.4) is 0 Å². The molecule has 1 heterocycles. The van der Waals surface area contributed by atoms with E-state index in [4.69, 9.17) is 17.3 Å². The van der Waals surface area contributed by atoms with Gasteiger partial charge in [-0.15, -0.1) is 0 Å². The van der Waals surface area contributed by atoms with Gasteiger partial charge in [0.1, 0.15) is 5.56 Å². The molecule has 0 bridgehead atoms. The molecule has 0 radical (unpaired) electrons. The second-order valence-electron chi connectivity index (χ2n) is 6.09. The third-order valence-corrected chi connectivity index (χ3v) is 4.53. The van der Waals surface area contributed by atoms with Gasteiger partial charge in [0.25, 0.3) is 11.6 Å². The molecule has 1 amide bonds. The quantitative estimate of drug-likeness (QED) is 0.373. The Hall–Kier alpha value is -3.52. The Morgan fingerprint density at radius 3 is 2.79 bits per heavy atom. The molecule has 28 heavy (non-hydrogen) atoms. The number of nitrogens with one attached hydrogen (secondary N) is 1. The number of nitro benzene ring substituents is 1. The van der Waals surface area contributed by atoms with E-state index in [1.54, 1.807) is 25.1 Å². The van der Waals surface area contributed by atoms with Crippen LogP contribution in [-0.4, -0.2) is 27.2 Å². The number of hydrogen-bond donors (Lipinski definition) is 2. The SMILES string of the molecule is Cc1ccc(C=Nc2n[nH]c(Cc3ccccc3Cl)c2C(N)=O)cc1[N+](=O)[O-]. The lowest BCUT2D eigenvalue weighted by atomic mass is 10.1. The first-order chi connectivity index (χ1) is 13.4. The molecule has 3 aromatic rings. The van der Waals surface area contributed by atoms with Crippen molar-refractivity contribution in [3.8, 4) is 0 Å². The smallest absolute Gasteiger partial charge is 0.272 e. The fourth-order valence-corrected chi connectivity index (χ4v) is 2.92. The Bertz CT molecular complexity index is 1090. The number of primary amides is 1. The lowest BCUT2D eigenvalue weighted by Crippen LogP contribution is -2.13. The highest BCUT2D eigenvalue weighted by Gasteiger charge is 2.19. The van der Waals surface area contributed by atoms with E-state index in [1.165, 1.54) is 12.3 Å². The molecule has 0 aliphatic carbocycles. The molecule has 3 N–H and O–H groups in total. The minimum absolute atomic E-state index is 0.0134. The predicted molar refractivity (Wildman–Crippen MR) is 106 cm³/mol. The Balaban J connectivity index is 1.93. The van der Waals surface area contributed by atoms with Gasteiger partial charge in [-0.25, -0.2) is 4.99 Å². The number of amides is 1. The van der Waals surface area contributed by atoms with Crippen LogP contribution in [0.15, 0.2) is 47.5 Å². The van der Waals surface area contributed by atoms with Crippen LogP contribution in [0.25, 0.3) is 0 Å². The van der Waals surface area contributed by atoms with Crippen molar-refractivity contribution >= 4 is 35.2 Å². The predicted octanol–water partition coefficient (Wildman–Crippen LogP) is 3.72. The van der Waals surface area contributed by atoms with Gasteiger partial charge < -0.3 is 5.73 Å². The molecule has 3 rings (SSSR count). The first-order valence-electron chi connectivity index (χ1n) is 8.26. The zero-order chi connectivity index (χ0) is 20.3. The van der Waals surface area contributed by atoms with Crippen molar-refractivity contribution in [3.05, 3.63) is 85.5 Å². The molecule has 8 nitrogen and oxygen atoms in total. The maximum atomic E-state index is 11.9. The summed E-state index contributed by atoms with van der Waals surface area (Å²) < 4.78 is 0. The largest absolute Gasteiger partial charge is 0.365 e. The second kappa shape index (κ2) is 8.01. The van der Waals surface area contributed by atoms with E-state index in [-0.39, 0.29) is 17.1 Å². The monoisotopic (exact) mass is 397 g/mol. The number of H-pyrrole nitrogens is 1. The minimum atomic E-state index is -0.683. The third kappa shape index (κ3) is 4.07. The fraction of sp³-hybridized carbons (Fsp3) is 0.105. The van der Waals surface area contributed by atoms with Crippen molar-refractivity contribution in [2.24, 2.45) is 10.7 Å². The van der Waals surface area contributed by atoms with E-state index < -0.39 is 10.8 Å². The molecule has 2 aromatic carbocycles. The molecule has 0 saturated carbocycles. The summed E-state index contributed by atoms with van der Waals surface area (Å²) in [6.45, 7) is 1.65. The molecule has 9 heteroatoms. The molecule has 142 valence electrons. The summed E-state index contributed by atoms with van der Waals surface area (Å²) in [6, 6.07) is 12.0. The van der Waals surface area contributed by atoms with Crippen LogP contribution in [0.1, 0.15) is 32.7 Å². The molecular weight excluding hydrogens is 382 g/mol. The zero-order valence-corrected chi connectivity index (χ0v) is 15.6. The van der Waals surface area contributed by atoms with Crippen LogP contribution < -0.4 is 5.73 Å². The molecular formula is C19H16ClN5O3. The summed E-state index contributed by atoms with van der Waals surface area (Å²) in [4.78, 5) is 26.7. The summed E-state index contributed by atoms with van der Waals surface area (Å²) >= 11 is 6.17. The van der Waals surface area contributed by atoms with Crippen LogP contribution >= 0.6 is 11.6 Å². The Morgan fingerprint density at radius 1 is 1.36 bits per heavy atom. The topological polar surface area (TPSA) is 127 Å². The third-order valence-electron chi connectivity index (χ3n) is 4.16. The van der Waals surface area contributed by atoms with Crippen molar-refractivity contribution < 1.29 is 9.72 Å². The van der Waals surface area contributed by atoms with Gasteiger partial charge in [-0.3, -0.25) is 20.0 Å². The first-order valence-corrected chi connectivity index (χ1v) is 8.64. The van der Waals surface area contributed by atoms with Crippen LogP contribution in [-0.2, 0) is 6.42 Å². The van der Waals surface area contributed by atoms with Crippen LogP contribution in [0.5, 0.6) is 0 Å². The van der Waals surface area contributed by atoms with Gasteiger partial charge in [-0.2, -0.15) is 5.10 Å². The molecule has 0 unspecified atom stereocenters. The summed E-state index contributed by atoms with van der Waals surface area (Å²) in [5.41, 5.74) is 7.99. The van der Waals surface area contributed by atoms with Crippen molar-refractivity contribution in [2.45, 2.75) is 13.3 Å². The highest BCUT2D eigenvalue weighted by Crippen LogP contribution is 2.25. The Labute approximate surface area is 165 Å². The van der Waals surface area contributed by atoms with Gasteiger partial charge in [0, 0.05) is 29.3 Å². The van der Waals surface area contributed by atoms with Gasteiger partial charge in [0.15, 0.2) is 5.82 Å². The number of carbonyl (C=O) groups is 1. The highest BCUT2D eigenvalue weighted by molar-refractivity contribution is 6.31. The van der Waals surface area contributed by atoms with E-state index in [9.17, 15) is 14.9 Å². The number of nitrogens with zero attached hydrogens (tertiary/aromatic N) is 3. The number of hydrogen-bond acceptors (Lipinski definition) is 5. The number of aryl methyl sites for hydroxylation is 1. The van der Waals surface area contributed by atoms with Gasteiger partial charge in [-0.05, 0) is 24.1 Å². The average molecular weight is 398 g/mol. The number of aromatic nitrogens is 2. The second-order valence-corrected chi connectivity index (χ2v) is 6.50. The molecule has 0 spiro atoms. The zero-order valence-electron chi connectivity index (χ0n) is 14.8. The van der Waals surface area contributed by atoms with Crippen molar-refractivity contribution in [3.63, 3.8) is 0 Å². The van der Waals surface area contributed by atoms with Crippen LogP contribution in [0, 0.1) is 17.0 Å². The number of benzene rings is 2. The minimum Gasteiger partial charge on any atom is -0.365 e. The number of aliphatic imine (C=N–C) groups is 1. The van der Waals surface area contributed by atoms with Crippen molar-refractivity contribution in [1.82, 2.24) is 10.2 Å². The summed E-state index contributed by atoms with van der Waals surface area (Å²) in [5.74, 6) is -0.573. The summed E-state index contributed by atoms with van der Waals surface area (Å²) in [5, 5.41) is 18.5. The fourth-order valence-electron chi connectivity index (χ4n) is 2.72. The van der Waals surface area contributed by atoms with E-state index in [2.05, 4.69) is 15.2 Å². The van der Waals surface area contributed by atoms with Crippen molar-refractivity contribution in [1.29, 1.82) is 0 Å². The highest BCUT2D eigenvalue weighted by atomic mass is 35.5. The van der Waals surface area contributed by atoms with Gasteiger partial charge in [0.05, 0.1) is 10.6 Å². The number of carbonyl (C=O) groups excluding carboxylic acids is 1. The van der Waals surface area contributed by atoms with Gasteiger partial charge in [0.2, 0.25) is 0 Å². The molecule has 0 aliphatic rings. The maximum Gasteiger partial charge on any atom is 0.272 e. The number of aromatic amines is 1. The van der Waals surface area contributed by atoms with Crippen LogP contribution in [0.4, 0.5) is 11.5 Å². The Morgan fingerprint density at radius 2 is 2.11 bits per heavy atom.